The van der Waals surface area contributed by atoms with Crippen molar-refractivity contribution in [1.82, 2.24) is 10.6 Å². The van der Waals surface area contributed by atoms with Crippen molar-refractivity contribution in [1.29, 1.82) is 0 Å². The Morgan fingerprint density at radius 1 is 1.22 bits per heavy atom. The molecule has 6 nitrogen and oxygen atoms in total. The van der Waals surface area contributed by atoms with E-state index >= 15 is 0 Å². The first kappa shape index (κ1) is 18.9. The third-order valence-electron chi connectivity index (χ3n) is 4.61. The summed E-state index contributed by atoms with van der Waals surface area (Å²) in [7, 11) is 0. The van der Waals surface area contributed by atoms with Crippen molar-refractivity contribution in [2.45, 2.75) is 32.8 Å². The largest absolute Gasteiger partial charge is 0.465 e. The van der Waals surface area contributed by atoms with Crippen molar-refractivity contribution < 1.29 is 18.7 Å². The fourth-order valence-corrected chi connectivity index (χ4v) is 2.86. The molecule has 1 saturated heterocycles. The lowest BCUT2D eigenvalue weighted by molar-refractivity contribution is -0.118. The normalized spacial score (nSPS) is 17.0. The zero-order valence-electron chi connectivity index (χ0n) is 15.6. The maximum Gasteiger partial charge on any atom is 0.268 e. The summed E-state index contributed by atoms with van der Waals surface area (Å²) in [5.41, 5.74) is 2.75. The maximum absolute atomic E-state index is 12.6. The topological polar surface area (TPSA) is 80.6 Å². The molecule has 0 radical (unpaired) electrons. The Morgan fingerprint density at radius 3 is 2.74 bits per heavy atom. The van der Waals surface area contributed by atoms with E-state index in [1.54, 1.807) is 24.3 Å². The number of ether oxygens (including phenoxy) is 1. The number of carbonyl (C=O) groups is 2. The lowest BCUT2D eigenvalue weighted by Gasteiger charge is -2.14. The van der Waals surface area contributed by atoms with Crippen molar-refractivity contribution in [3.63, 3.8) is 0 Å². The number of rotatable bonds is 6. The SMILES string of the molecule is Cc1ccc(C(=O)N/C(=C/c2ccco2)C(=O)NCC2CCCO2)cc1C. The molecule has 2 N–H and O–H groups in total. The number of aryl methyl sites for hydroxylation is 2. The van der Waals surface area contributed by atoms with E-state index in [1.165, 1.54) is 12.3 Å². The summed E-state index contributed by atoms with van der Waals surface area (Å²) in [5, 5.41) is 5.53. The molecule has 0 spiro atoms. The molecule has 142 valence electrons. The summed E-state index contributed by atoms with van der Waals surface area (Å²) < 4.78 is 10.8. The van der Waals surface area contributed by atoms with Crippen LogP contribution in [0.3, 0.4) is 0 Å². The van der Waals surface area contributed by atoms with Crippen molar-refractivity contribution in [2.75, 3.05) is 13.2 Å². The van der Waals surface area contributed by atoms with Gasteiger partial charge in [-0.05, 0) is 62.1 Å². The highest BCUT2D eigenvalue weighted by Crippen LogP contribution is 2.13. The van der Waals surface area contributed by atoms with Crippen LogP contribution in [0.15, 0.2) is 46.7 Å². The van der Waals surface area contributed by atoms with E-state index in [0.29, 0.717) is 17.9 Å². The van der Waals surface area contributed by atoms with Crippen molar-refractivity contribution in [2.24, 2.45) is 0 Å². The molecule has 1 aromatic carbocycles. The minimum atomic E-state index is -0.376. The third-order valence-corrected chi connectivity index (χ3v) is 4.61. The van der Waals surface area contributed by atoms with E-state index in [2.05, 4.69) is 10.6 Å². The first-order chi connectivity index (χ1) is 13.0. The van der Waals surface area contributed by atoms with Gasteiger partial charge in [-0.1, -0.05) is 6.07 Å². The highest BCUT2D eigenvalue weighted by atomic mass is 16.5. The van der Waals surface area contributed by atoms with Gasteiger partial charge in [0.2, 0.25) is 0 Å². The average Bonchev–Trinajstić information content (AvgIpc) is 3.35. The first-order valence-electron chi connectivity index (χ1n) is 9.06. The van der Waals surface area contributed by atoms with Gasteiger partial charge in [0.1, 0.15) is 11.5 Å². The number of furan rings is 1. The molecule has 1 aliphatic rings. The summed E-state index contributed by atoms with van der Waals surface area (Å²) >= 11 is 0. The van der Waals surface area contributed by atoms with Crippen LogP contribution >= 0.6 is 0 Å². The van der Waals surface area contributed by atoms with Crippen molar-refractivity contribution >= 4 is 17.9 Å². The summed E-state index contributed by atoms with van der Waals surface area (Å²) in [5.74, 6) is -0.236. The molecular formula is C21H24N2O4. The molecular weight excluding hydrogens is 344 g/mol. The van der Waals surface area contributed by atoms with Crippen LogP contribution < -0.4 is 10.6 Å². The molecule has 6 heteroatoms. The lowest BCUT2D eigenvalue weighted by atomic mass is 10.1. The second-order valence-corrected chi connectivity index (χ2v) is 6.67. The fourth-order valence-electron chi connectivity index (χ4n) is 2.86. The van der Waals surface area contributed by atoms with Gasteiger partial charge >= 0.3 is 0 Å². The molecule has 2 heterocycles. The zero-order chi connectivity index (χ0) is 19.2. The number of nitrogens with one attached hydrogen (secondary N) is 2. The standard InChI is InChI=1S/C21H24N2O4/c1-14-7-8-16(11-15(14)2)20(24)23-19(12-17-5-3-9-26-17)21(25)22-13-18-6-4-10-27-18/h3,5,7-9,11-12,18H,4,6,10,13H2,1-2H3,(H,22,25)(H,23,24)/b19-12+. The Bertz CT molecular complexity index is 834. The zero-order valence-corrected chi connectivity index (χ0v) is 15.6. The van der Waals surface area contributed by atoms with Gasteiger partial charge in [-0.25, -0.2) is 0 Å². The van der Waals surface area contributed by atoms with Crippen LogP contribution in [-0.2, 0) is 9.53 Å². The van der Waals surface area contributed by atoms with Gasteiger partial charge < -0.3 is 19.8 Å². The van der Waals surface area contributed by atoms with Crippen LogP contribution in [0.5, 0.6) is 0 Å². The van der Waals surface area contributed by atoms with Crippen LogP contribution in [-0.4, -0.2) is 31.1 Å². The highest BCUT2D eigenvalue weighted by molar-refractivity contribution is 6.05. The predicted octanol–water partition coefficient (Wildman–Crippen LogP) is 2.96. The van der Waals surface area contributed by atoms with Crippen LogP contribution in [0.25, 0.3) is 6.08 Å². The Morgan fingerprint density at radius 2 is 2.07 bits per heavy atom. The lowest BCUT2D eigenvalue weighted by Crippen LogP contribution is -2.38. The molecule has 1 fully saturated rings. The number of amides is 2. The molecule has 27 heavy (non-hydrogen) atoms. The van der Waals surface area contributed by atoms with Crippen LogP contribution in [0.1, 0.15) is 40.1 Å². The fraction of sp³-hybridized carbons (Fsp3) is 0.333. The summed E-state index contributed by atoms with van der Waals surface area (Å²) in [6.07, 6.45) is 4.98. The molecule has 1 aromatic heterocycles. The van der Waals surface area contributed by atoms with E-state index in [-0.39, 0.29) is 23.6 Å². The quantitative estimate of drug-likeness (QED) is 0.768. The average molecular weight is 368 g/mol. The second kappa shape index (κ2) is 8.68. The molecule has 1 aliphatic heterocycles. The monoisotopic (exact) mass is 368 g/mol. The van der Waals surface area contributed by atoms with Gasteiger partial charge in [0.05, 0.1) is 12.4 Å². The van der Waals surface area contributed by atoms with E-state index in [9.17, 15) is 9.59 Å². The first-order valence-corrected chi connectivity index (χ1v) is 9.06. The van der Waals surface area contributed by atoms with Crippen LogP contribution in [0, 0.1) is 13.8 Å². The van der Waals surface area contributed by atoms with Crippen LogP contribution in [0.2, 0.25) is 0 Å². The van der Waals surface area contributed by atoms with Gasteiger partial charge in [-0.15, -0.1) is 0 Å². The van der Waals surface area contributed by atoms with E-state index in [1.807, 2.05) is 19.9 Å². The number of benzene rings is 1. The van der Waals surface area contributed by atoms with Gasteiger partial charge in [0, 0.05) is 24.8 Å². The molecule has 2 aromatic rings. The Kier molecular flexibility index (Phi) is 6.08. The van der Waals surface area contributed by atoms with Gasteiger partial charge in [-0.3, -0.25) is 9.59 Å². The summed E-state index contributed by atoms with van der Waals surface area (Å²) in [6.45, 7) is 5.06. The molecule has 3 rings (SSSR count). The highest BCUT2D eigenvalue weighted by Gasteiger charge is 2.19. The smallest absolute Gasteiger partial charge is 0.268 e. The predicted molar refractivity (Wildman–Crippen MR) is 102 cm³/mol. The van der Waals surface area contributed by atoms with E-state index in [4.69, 9.17) is 9.15 Å². The van der Waals surface area contributed by atoms with Gasteiger partial charge in [0.15, 0.2) is 0 Å². The molecule has 1 atom stereocenters. The van der Waals surface area contributed by atoms with Crippen molar-refractivity contribution in [3.8, 4) is 0 Å². The second-order valence-electron chi connectivity index (χ2n) is 6.67. The summed E-state index contributed by atoms with van der Waals surface area (Å²) in [4.78, 5) is 25.2. The Balaban J connectivity index is 1.73. The van der Waals surface area contributed by atoms with Crippen molar-refractivity contribution in [3.05, 3.63) is 64.7 Å². The summed E-state index contributed by atoms with van der Waals surface area (Å²) in [6, 6.07) is 8.87. The molecule has 2 amide bonds. The maximum atomic E-state index is 12.6. The molecule has 0 aliphatic carbocycles. The van der Waals surface area contributed by atoms with Gasteiger partial charge in [0.25, 0.3) is 11.8 Å². The minimum Gasteiger partial charge on any atom is -0.465 e. The third kappa shape index (κ3) is 5.08. The minimum absolute atomic E-state index is 0.0225. The van der Waals surface area contributed by atoms with E-state index in [0.717, 1.165) is 30.6 Å². The van der Waals surface area contributed by atoms with E-state index < -0.39 is 0 Å². The molecule has 0 saturated carbocycles. The van der Waals surface area contributed by atoms with Gasteiger partial charge in [-0.2, -0.15) is 0 Å². The molecule has 1 unspecified atom stereocenters. The Hall–Kier alpha value is -2.86. The number of carbonyl (C=O) groups excluding carboxylic acids is 2. The number of hydrogen-bond acceptors (Lipinski definition) is 4. The molecule has 0 bridgehead atoms. The number of hydrogen-bond donors (Lipinski definition) is 2. The Labute approximate surface area is 158 Å². The van der Waals surface area contributed by atoms with Crippen LogP contribution in [0.4, 0.5) is 0 Å².